The van der Waals surface area contributed by atoms with Crippen molar-refractivity contribution < 1.29 is 0 Å². The zero-order valence-electron chi connectivity index (χ0n) is 12.9. The molecule has 2 unspecified atom stereocenters. The molecule has 1 saturated carbocycles. The van der Waals surface area contributed by atoms with Crippen LogP contribution in [0.5, 0.6) is 0 Å². The Morgan fingerprint density at radius 3 is 2.53 bits per heavy atom. The average Bonchev–Trinajstić information content (AvgIpc) is 2.85. The van der Waals surface area contributed by atoms with Crippen LogP contribution in [-0.2, 0) is 5.41 Å². The summed E-state index contributed by atoms with van der Waals surface area (Å²) < 4.78 is 0. The second-order valence-electron chi connectivity index (χ2n) is 7.54. The minimum Gasteiger partial charge on any atom is -0.121 e. The highest BCUT2D eigenvalue weighted by Gasteiger charge is 2.41. The quantitative estimate of drug-likeness (QED) is 0.619. The van der Waals surface area contributed by atoms with Gasteiger partial charge in [0.25, 0.3) is 0 Å². The van der Waals surface area contributed by atoms with Gasteiger partial charge in [-0.1, -0.05) is 53.2 Å². The molecule has 0 saturated heterocycles. The highest BCUT2D eigenvalue weighted by atomic mass is 32.2. The molecule has 1 fully saturated rings. The molecule has 0 spiro atoms. The highest BCUT2D eigenvalue weighted by Crippen LogP contribution is 2.57. The molecule has 0 bridgehead atoms. The minimum atomic E-state index is 0.275. The summed E-state index contributed by atoms with van der Waals surface area (Å²) in [6.45, 7) is 11.8. The Kier molecular flexibility index (Phi) is 3.24. The molecule has 1 aliphatic carbocycles. The summed E-state index contributed by atoms with van der Waals surface area (Å²) >= 11 is 2.19. The van der Waals surface area contributed by atoms with E-state index in [1.54, 1.807) is 21.6 Å². The van der Waals surface area contributed by atoms with Crippen molar-refractivity contribution in [3.63, 3.8) is 0 Å². The summed E-state index contributed by atoms with van der Waals surface area (Å²) in [5.41, 5.74) is 5.19. The van der Waals surface area contributed by atoms with Gasteiger partial charge in [0.2, 0.25) is 0 Å². The standard InChI is InChI=1S/C18H26S/c1-11(2)12-9-10-14(18(3,4)5)16-13-7-6-8-15(13)19-17(12)16/h9-11,13,15H,6-8H2,1-5H3. The lowest BCUT2D eigenvalue weighted by atomic mass is 9.78. The number of benzene rings is 1. The summed E-state index contributed by atoms with van der Waals surface area (Å²) in [5, 5.41) is 0.871. The van der Waals surface area contributed by atoms with Gasteiger partial charge in [0.05, 0.1) is 0 Å². The van der Waals surface area contributed by atoms with E-state index < -0.39 is 0 Å². The number of rotatable bonds is 1. The first-order chi connectivity index (χ1) is 8.89. The summed E-state index contributed by atoms with van der Waals surface area (Å²) in [6.07, 6.45) is 4.26. The lowest BCUT2D eigenvalue weighted by molar-refractivity contribution is 0.567. The molecular formula is C18H26S. The van der Waals surface area contributed by atoms with Crippen LogP contribution in [-0.4, -0.2) is 5.25 Å². The molecule has 1 heteroatoms. The van der Waals surface area contributed by atoms with E-state index >= 15 is 0 Å². The van der Waals surface area contributed by atoms with E-state index in [-0.39, 0.29) is 5.41 Å². The molecule has 19 heavy (non-hydrogen) atoms. The topological polar surface area (TPSA) is 0 Å². The molecule has 1 aromatic carbocycles. The highest BCUT2D eigenvalue weighted by molar-refractivity contribution is 8.00. The van der Waals surface area contributed by atoms with Crippen molar-refractivity contribution in [1.82, 2.24) is 0 Å². The predicted molar refractivity (Wildman–Crippen MR) is 85.5 cm³/mol. The van der Waals surface area contributed by atoms with E-state index in [2.05, 4.69) is 58.5 Å². The van der Waals surface area contributed by atoms with Crippen LogP contribution in [0.2, 0.25) is 0 Å². The Bertz CT molecular complexity index is 493. The van der Waals surface area contributed by atoms with Crippen LogP contribution < -0.4 is 0 Å². The zero-order chi connectivity index (χ0) is 13.8. The van der Waals surface area contributed by atoms with Gasteiger partial charge in [0.15, 0.2) is 0 Å². The Morgan fingerprint density at radius 1 is 1.16 bits per heavy atom. The maximum atomic E-state index is 2.43. The lowest BCUT2D eigenvalue weighted by Crippen LogP contribution is -2.16. The van der Waals surface area contributed by atoms with Crippen LogP contribution in [0.15, 0.2) is 17.0 Å². The van der Waals surface area contributed by atoms with E-state index in [4.69, 9.17) is 0 Å². The van der Waals surface area contributed by atoms with E-state index in [1.165, 1.54) is 19.3 Å². The number of hydrogen-bond acceptors (Lipinski definition) is 1. The van der Waals surface area contributed by atoms with Crippen LogP contribution in [0.25, 0.3) is 0 Å². The van der Waals surface area contributed by atoms with Crippen molar-refractivity contribution in [3.05, 3.63) is 28.8 Å². The average molecular weight is 274 g/mol. The second kappa shape index (κ2) is 4.55. The van der Waals surface area contributed by atoms with Gasteiger partial charge in [-0.2, -0.15) is 0 Å². The van der Waals surface area contributed by atoms with Crippen LogP contribution >= 0.6 is 11.8 Å². The predicted octanol–water partition coefficient (Wildman–Crippen LogP) is 5.85. The van der Waals surface area contributed by atoms with Crippen molar-refractivity contribution in [2.45, 2.75) is 81.3 Å². The van der Waals surface area contributed by atoms with Crippen LogP contribution in [0.1, 0.15) is 82.4 Å². The molecule has 0 aromatic heterocycles. The second-order valence-corrected chi connectivity index (χ2v) is 8.79. The van der Waals surface area contributed by atoms with Crippen molar-refractivity contribution in [1.29, 1.82) is 0 Å². The maximum Gasteiger partial charge on any atom is 0.0164 e. The zero-order valence-corrected chi connectivity index (χ0v) is 13.7. The molecular weight excluding hydrogens is 248 g/mol. The van der Waals surface area contributed by atoms with Crippen LogP contribution in [0.3, 0.4) is 0 Å². The summed E-state index contributed by atoms with van der Waals surface area (Å²) in [7, 11) is 0. The molecule has 2 atom stereocenters. The SMILES string of the molecule is CC(C)c1ccc(C(C)(C)C)c2c1SC1CCCC21. The third kappa shape index (κ3) is 2.14. The molecule has 0 N–H and O–H groups in total. The van der Waals surface area contributed by atoms with Gasteiger partial charge in [-0.15, -0.1) is 11.8 Å². The smallest absolute Gasteiger partial charge is 0.0164 e. The first-order valence-electron chi connectivity index (χ1n) is 7.73. The molecule has 3 rings (SSSR count). The Morgan fingerprint density at radius 2 is 1.89 bits per heavy atom. The van der Waals surface area contributed by atoms with Crippen LogP contribution in [0.4, 0.5) is 0 Å². The van der Waals surface area contributed by atoms with E-state index in [1.807, 2.05) is 0 Å². The first kappa shape index (κ1) is 13.5. The maximum absolute atomic E-state index is 2.43. The van der Waals surface area contributed by atoms with Gasteiger partial charge in [-0.3, -0.25) is 0 Å². The van der Waals surface area contributed by atoms with Crippen LogP contribution in [0, 0.1) is 0 Å². The van der Waals surface area contributed by atoms with Gasteiger partial charge in [-0.25, -0.2) is 0 Å². The van der Waals surface area contributed by atoms with Gasteiger partial charge in [0.1, 0.15) is 0 Å². The fourth-order valence-electron chi connectivity index (χ4n) is 3.77. The normalized spacial score (nSPS) is 25.8. The molecule has 2 aliphatic rings. The molecule has 104 valence electrons. The molecule has 0 amide bonds. The largest absolute Gasteiger partial charge is 0.121 e. The summed E-state index contributed by atoms with van der Waals surface area (Å²) in [4.78, 5) is 1.65. The lowest BCUT2D eigenvalue weighted by Gasteiger charge is -2.26. The number of fused-ring (bicyclic) bond motifs is 3. The number of thioether (sulfide) groups is 1. The van der Waals surface area contributed by atoms with Gasteiger partial charge < -0.3 is 0 Å². The van der Waals surface area contributed by atoms with Crippen molar-refractivity contribution in [2.75, 3.05) is 0 Å². The fourth-order valence-corrected chi connectivity index (χ4v) is 5.63. The van der Waals surface area contributed by atoms with E-state index in [0.717, 1.165) is 11.2 Å². The Labute approximate surface area is 122 Å². The third-order valence-electron chi connectivity index (χ3n) is 4.75. The van der Waals surface area contributed by atoms with Crippen molar-refractivity contribution in [3.8, 4) is 0 Å². The molecule has 1 aliphatic heterocycles. The van der Waals surface area contributed by atoms with Crippen molar-refractivity contribution >= 4 is 11.8 Å². The molecule has 1 aromatic rings. The molecule has 0 radical (unpaired) electrons. The van der Waals surface area contributed by atoms with Gasteiger partial charge in [-0.05, 0) is 46.8 Å². The van der Waals surface area contributed by atoms with E-state index in [0.29, 0.717) is 5.92 Å². The molecule has 0 nitrogen and oxygen atoms in total. The Hall–Kier alpha value is -0.430. The van der Waals surface area contributed by atoms with E-state index in [9.17, 15) is 0 Å². The summed E-state index contributed by atoms with van der Waals surface area (Å²) in [6, 6.07) is 4.83. The fraction of sp³-hybridized carbons (Fsp3) is 0.667. The number of hydrogen-bond donors (Lipinski definition) is 0. The van der Waals surface area contributed by atoms with Gasteiger partial charge in [0, 0.05) is 10.1 Å². The molecule has 1 heterocycles. The minimum absolute atomic E-state index is 0.275. The summed E-state index contributed by atoms with van der Waals surface area (Å²) in [5.74, 6) is 1.49. The Balaban J connectivity index is 2.19. The third-order valence-corrected chi connectivity index (χ3v) is 6.31. The monoisotopic (exact) mass is 274 g/mol. The van der Waals surface area contributed by atoms with Crippen molar-refractivity contribution in [2.24, 2.45) is 0 Å². The van der Waals surface area contributed by atoms with Gasteiger partial charge >= 0.3 is 0 Å². The first-order valence-corrected chi connectivity index (χ1v) is 8.61.